The van der Waals surface area contributed by atoms with Crippen molar-refractivity contribution in [3.63, 3.8) is 0 Å². The standard InChI is InChI=1S/C18H19N2O3.C7H8O4S/c1-19(2)15-4-3-14-11-16(18(22)23-17(14)12-15)13-5-7-20(8-6-13)9-10-21;1-5-2-3-6(8)4-7(5)12(9,10)11/h3-8,11-12,21H,9-10H2,1-2H3;2-4,8H,1H3,(H,9,10,11)/q+1;/p-1. The molecule has 0 fully saturated rings. The summed E-state index contributed by atoms with van der Waals surface area (Å²) in [4.78, 5) is 13.9. The van der Waals surface area contributed by atoms with Crippen molar-refractivity contribution in [3.05, 3.63) is 83.0 Å². The van der Waals surface area contributed by atoms with Gasteiger partial charge in [0, 0.05) is 48.9 Å². The smallest absolute Gasteiger partial charge is 0.344 e. The zero-order valence-corrected chi connectivity index (χ0v) is 20.3. The second kappa shape index (κ2) is 10.7. The second-order valence-electron chi connectivity index (χ2n) is 8.02. The number of phenols is 1. The number of hydrogen-bond acceptors (Lipinski definition) is 8. The molecule has 0 spiro atoms. The summed E-state index contributed by atoms with van der Waals surface area (Å²) in [7, 11) is -0.579. The number of aromatic hydroxyl groups is 1. The molecule has 9 nitrogen and oxygen atoms in total. The highest BCUT2D eigenvalue weighted by molar-refractivity contribution is 7.85. The maximum atomic E-state index is 12.3. The van der Waals surface area contributed by atoms with E-state index in [1.807, 2.05) is 72.4 Å². The van der Waals surface area contributed by atoms with Crippen molar-refractivity contribution in [1.29, 1.82) is 0 Å². The van der Waals surface area contributed by atoms with E-state index in [4.69, 9.17) is 14.6 Å². The minimum atomic E-state index is -4.47. The maximum absolute atomic E-state index is 12.3. The Hall–Kier alpha value is -3.73. The molecule has 2 N–H and O–H groups in total. The first-order valence-corrected chi connectivity index (χ1v) is 12.0. The van der Waals surface area contributed by atoms with Crippen LogP contribution in [0.5, 0.6) is 5.75 Å². The summed E-state index contributed by atoms with van der Waals surface area (Å²) in [5.41, 5.74) is 2.88. The van der Waals surface area contributed by atoms with E-state index in [0.29, 0.717) is 23.3 Å². The Morgan fingerprint density at radius 2 is 1.71 bits per heavy atom. The lowest BCUT2D eigenvalue weighted by Gasteiger charge is -2.12. The van der Waals surface area contributed by atoms with Crippen molar-refractivity contribution in [2.75, 3.05) is 25.6 Å². The van der Waals surface area contributed by atoms with Gasteiger partial charge in [-0.05, 0) is 42.8 Å². The zero-order valence-electron chi connectivity index (χ0n) is 19.5. The van der Waals surface area contributed by atoms with Gasteiger partial charge in [0.1, 0.15) is 28.1 Å². The lowest BCUT2D eigenvalue weighted by atomic mass is 10.1. The van der Waals surface area contributed by atoms with Crippen LogP contribution in [0.3, 0.4) is 0 Å². The lowest BCUT2D eigenvalue weighted by Crippen LogP contribution is -2.34. The highest BCUT2D eigenvalue weighted by atomic mass is 32.2. The van der Waals surface area contributed by atoms with E-state index >= 15 is 0 Å². The molecular formula is C25H26N2O7S. The number of nitrogens with zero attached hydrogens (tertiary/aromatic N) is 2. The molecule has 0 aliphatic rings. The fourth-order valence-electron chi connectivity index (χ4n) is 3.34. The van der Waals surface area contributed by atoms with Gasteiger partial charge in [-0.15, -0.1) is 0 Å². The van der Waals surface area contributed by atoms with Crippen LogP contribution in [-0.4, -0.2) is 43.9 Å². The Balaban J connectivity index is 0.000000241. The molecule has 4 rings (SSSR count). The third kappa shape index (κ3) is 6.44. The van der Waals surface area contributed by atoms with Crippen LogP contribution in [0.15, 0.2) is 81.1 Å². The van der Waals surface area contributed by atoms with E-state index in [1.54, 1.807) is 0 Å². The predicted octanol–water partition coefficient (Wildman–Crippen LogP) is 2.41. The number of aliphatic hydroxyl groups is 1. The predicted molar refractivity (Wildman–Crippen MR) is 130 cm³/mol. The fourth-order valence-corrected chi connectivity index (χ4v) is 4.07. The normalized spacial score (nSPS) is 11.1. The number of aryl methyl sites for hydroxylation is 1. The van der Waals surface area contributed by atoms with E-state index in [2.05, 4.69) is 0 Å². The molecular weight excluding hydrogens is 472 g/mol. The molecule has 0 unspecified atom stereocenters. The molecule has 0 saturated carbocycles. The Morgan fingerprint density at radius 3 is 2.29 bits per heavy atom. The van der Waals surface area contributed by atoms with Gasteiger partial charge in [-0.25, -0.2) is 17.8 Å². The molecule has 4 aromatic rings. The quantitative estimate of drug-likeness (QED) is 0.243. The van der Waals surface area contributed by atoms with Crippen LogP contribution in [0.4, 0.5) is 5.69 Å². The first-order chi connectivity index (χ1) is 16.5. The van der Waals surface area contributed by atoms with E-state index in [-0.39, 0.29) is 22.9 Å². The van der Waals surface area contributed by atoms with E-state index in [9.17, 15) is 17.8 Å². The minimum Gasteiger partial charge on any atom is -0.744 e. The molecule has 2 heterocycles. The largest absolute Gasteiger partial charge is 0.744 e. The summed E-state index contributed by atoms with van der Waals surface area (Å²) in [6.07, 6.45) is 3.68. The Kier molecular flexibility index (Phi) is 7.90. The van der Waals surface area contributed by atoms with Gasteiger partial charge >= 0.3 is 5.63 Å². The van der Waals surface area contributed by atoms with Crippen molar-refractivity contribution < 1.29 is 32.2 Å². The van der Waals surface area contributed by atoms with E-state index in [1.165, 1.54) is 19.1 Å². The molecule has 35 heavy (non-hydrogen) atoms. The minimum absolute atomic E-state index is 0.0797. The van der Waals surface area contributed by atoms with E-state index in [0.717, 1.165) is 22.7 Å². The molecule has 2 aromatic heterocycles. The molecule has 0 bridgehead atoms. The number of rotatable bonds is 5. The highest BCUT2D eigenvalue weighted by Gasteiger charge is 2.11. The van der Waals surface area contributed by atoms with Gasteiger partial charge in [-0.3, -0.25) is 0 Å². The third-order valence-electron chi connectivity index (χ3n) is 5.24. The number of anilines is 1. The summed E-state index contributed by atoms with van der Waals surface area (Å²) in [5.74, 6) is -0.227. The molecule has 0 radical (unpaired) electrons. The van der Waals surface area contributed by atoms with Crippen LogP contribution < -0.4 is 15.1 Å². The topological polar surface area (TPSA) is 135 Å². The summed E-state index contributed by atoms with van der Waals surface area (Å²) in [6.45, 7) is 2.10. The molecule has 2 aromatic carbocycles. The second-order valence-corrected chi connectivity index (χ2v) is 9.36. The Bertz CT molecular complexity index is 1500. The molecule has 0 aliphatic heterocycles. The van der Waals surface area contributed by atoms with Crippen LogP contribution in [0.1, 0.15) is 5.56 Å². The number of hydrogen-bond donors (Lipinski definition) is 2. The van der Waals surface area contributed by atoms with Crippen LogP contribution >= 0.6 is 0 Å². The monoisotopic (exact) mass is 498 g/mol. The molecule has 10 heteroatoms. The fraction of sp³-hybridized carbons (Fsp3) is 0.200. The molecule has 184 valence electrons. The van der Waals surface area contributed by atoms with E-state index < -0.39 is 10.1 Å². The van der Waals surface area contributed by atoms with Crippen molar-refractivity contribution >= 4 is 26.8 Å². The number of phenolic OH excluding ortho intramolecular Hbond substituents is 1. The van der Waals surface area contributed by atoms with Crippen molar-refractivity contribution in [2.24, 2.45) is 0 Å². The van der Waals surface area contributed by atoms with Gasteiger partial charge in [-0.2, -0.15) is 0 Å². The zero-order chi connectivity index (χ0) is 25.8. The number of aromatic nitrogens is 1. The third-order valence-corrected chi connectivity index (χ3v) is 6.22. The van der Waals surface area contributed by atoms with Gasteiger partial charge in [0.2, 0.25) is 0 Å². The summed E-state index contributed by atoms with van der Waals surface area (Å²) >= 11 is 0. The SMILES string of the molecule is CN(C)c1ccc2cc(-c3cc[n+](CCO)cc3)c(=O)oc2c1.Cc1ccc(O)cc1S(=O)(=O)[O-]. The first kappa shape index (κ1) is 25.9. The van der Waals surface area contributed by atoms with Crippen LogP contribution in [-0.2, 0) is 16.7 Å². The van der Waals surface area contributed by atoms with Gasteiger partial charge < -0.3 is 24.1 Å². The molecule has 0 atom stereocenters. The van der Waals surface area contributed by atoms with Gasteiger partial charge in [0.15, 0.2) is 18.9 Å². The molecule has 0 amide bonds. The highest BCUT2D eigenvalue weighted by Crippen LogP contribution is 2.24. The van der Waals surface area contributed by atoms with Crippen molar-refractivity contribution in [1.82, 2.24) is 0 Å². The number of benzene rings is 2. The number of aliphatic hydroxyl groups excluding tert-OH is 1. The average Bonchev–Trinajstić information content (AvgIpc) is 2.80. The van der Waals surface area contributed by atoms with Crippen LogP contribution in [0, 0.1) is 6.92 Å². The van der Waals surface area contributed by atoms with Gasteiger partial charge in [0.25, 0.3) is 0 Å². The average molecular weight is 499 g/mol. The van der Waals surface area contributed by atoms with Crippen LogP contribution in [0.2, 0.25) is 0 Å². The Labute approximate surface area is 202 Å². The maximum Gasteiger partial charge on any atom is 0.344 e. The van der Waals surface area contributed by atoms with Crippen LogP contribution in [0.25, 0.3) is 22.1 Å². The molecule has 0 aliphatic carbocycles. The number of fused-ring (bicyclic) bond motifs is 1. The van der Waals surface area contributed by atoms with Gasteiger partial charge in [-0.1, -0.05) is 6.07 Å². The summed E-state index contributed by atoms with van der Waals surface area (Å²) < 4.78 is 39.0. The van der Waals surface area contributed by atoms with Crippen molar-refractivity contribution in [2.45, 2.75) is 18.4 Å². The number of pyridine rings is 1. The Morgan fingerprint density at radius 1 is 1.03 bits per heavy atom. The molecule has 0 saturated heterocycles. The first-order valence-electron chi connectivity index (χ1n) is 10.6. The van der Waals surface area contributed by atoms with Gasteiger partial charge in [0.05, 0.1) is 10.5 Å². The van der Waals surface area contributed by atoms with Crippen molar-refractivity contribution in [3.8, 4) is 16.9 Å². The summed E-state index contributed by atoms with van der Waals surface area (Å²) in [5, 5.41) is 18.7. The summed E-state index contributed by atoms with van der Waals surface area (Å²) in [6, 6.07) is 15.0. The lowest BCUT2D eigenvalue weighted by molar-refractivity contribution is -0.698.